The van der Waals surface area contributed by atoms with Crippen molar-refractivity contribution >= 4 is 16.7 Å². The summed E-state index contributed by atoms with van der Waals surface area (Å²) in [5.74, 6) is 0. The van der Waals surface area contributed by atoms with E-state index in [1.165, 1.54) is 11.1 Å². The third-order valence-electron chi connectivity index (χ3n) is 6.75. The molecular formula is C27H32N6. The normalized spacial score (nSPS) is 15.0. The van der Waals surface area contributed by atoms with Crippen LogP contribution in [0.5, 0.6) is 0 Å². The van der Waals surface area contributed by atoms with Crippen molar-refractivity contribution in [2.24, 2.45) is 7.05 Å². The van der Waals surface area contributed by atoms with Gasteiger partial charge < -0.3 is 14.8 Å². The van der Waals surface area contributed by atoms with Gasteiger partial charge in [0.1, 0.15) is 0 Å². The van der Waals surface area contributed by atoms with E-state index in [1.54, 1.807) is 0 Å². The molecule has 0 radical (unpaired) electrons. The van der Waals surface area contributed by atoms with Crippen molar-refractivity contribution in [2.75, 3.05) is 39.0 Å². The fraction of sp³-hybridized carbons (Fsp3) is 0.333. The Bertz CT molecular complexity index is 1240. The maximum atomic E-state index is 4.51. The van der Waals surface area contributed by atoms with Crippen LogP contribution >= 0.6 is 0 Å². The van der Waals surface area contributed by atoms with E-state index in [0.29, 0.717) is 6.04 Å². The monoisotopic (exact) mass is 440 g/mol. The zero-order chi connectivity index (χ0) is 22.8. The predicted molar refractivity (Wildman–Crippen MR) is 135 cm³/mol. The lowest BCUT2D eigenvalue weighted by atomic mass is 9.99. The number of hydrogen-bond acceptors (Lipinski definition) is 5. The number of nitrogens with one attached hydrogen (secondary N) is 1. The maximum absolute atomic E-state index is 4.51. The fourth-order valence-electron chi connectivity index (χ4n) is 4.65. The first kappa shape index (κ1) is 21.6. The van der Waals surface area contributed by atoms with Crippen molar-refractivity contribution in [1.82, 2.24) is 24.3 Å². The summed E-state index contributed by atoms with van der Waals surface area (Å²) in [4.78, 5) is 13.8. The third-order valence-corrected chi connectivity index (χ3v) is 6.75. The Morgan fingerprint density at radius 3 is 2.73 bits per heavy atom. The molecule has 3 heterocycles. The second-order valence-corrected chi connectivity index (χ2v) is 9.27. The van der Waals surface area contributed by atoms with Gasteiger partial charge in [0.2, 0.25) is 0 Å². The van der Waals surface area contributed by atoms with Crippen LogP contribution in [0.1, 0.15) is 11.1 Å². The number of benzene rings is 2. The fourth-order valence-corrected chi connectivity index (χ4v) is 4.65. The van der Waals surface area contributed by atoms with Gasteiger partial charge in [-0.2, -0.15) is 0 Å². The second-order valence-electron chi connectivity index (χ2n) is 9.27. The minimum atomic E-state index is 0.407. The van der Waals surface area contributed by atoms with Crippen LogP contribution in [-0.4, -0.2) is 64.1 Å². The highest BCUT2D eigenvalue weighted by Gasteiger charge is 2.20. The lowest BCUT2D eigenvalue weighted by Gasteiger charge is -2.34. The minimum absolute atomic E-state index is 0.407. The molecule has 1 aliphatic heterocycles. The molecule has 6 nitrogen and oxygen atoms in total. The number of fused-ring (bicyclic) bond motifs is 2. The van der Waals surface area contributed by atoms with Crippen LogP contribution in [0.15, 0.2) is 67.3 Å². The molecule has 0 saturated carbocycles. The van der Waals surface area contributed by atoms with Crippen LogP contribution in [0.2, 0.25) is 0 Å². The van der Waals surface area contributed by atoms with Gasteiger partial charge in [-0.3, -0.25) is 9.88 Å². The van der Waals surface area contributed by atoms with Crippen LogP contribution in [0.3, 0.4) is 0 Å². The molecule has 0 bridgehead atoms. The van der Waals surface area contributed by atoms with Crippen molar-refractivity contribution in [3.63, 3.8) is 0 Å². The largest absolute Gasteiger partial charge is 0.382 e. The molecule has 33 heavy (non-hydrogen) atoms. The molecule has 170 valence electrons. The lowest BCUT2D eigenvalue weighted by Crippen LogP contribution is -2.45. The number of rotatable bonds is 7. The van der Waals surface area contributed by atoms with E-state index >= 15 is 0 Å². The number of likely N-dealkylation sites (N-methyl/N-ethyl adjacent to an activating group) is 1. The summed E-state index contributed by atoms with van der Waals surface area (Å²) in [5, 5.41) is 3.64. The molecule has 1 unspecified atom stereocenters. The molecule has 0 fully saturated rings. The highest BCUT2D eigenvalue weighted by Crippen LogP contribution is 2.25. The van der Waals surface area contributed by atoms with Gasteiger partial charge in [-0.25, -0.2) is 4.98 Å². The Balaban J connectivity index is 1.26. The van der Waals surface area contributed by atoms with E-state index in [4.69, 9.17) is 0 Å². The molecule has 0 aliphatic carbocycles. The van der Waals surface area contributed by atoms with Crippen LogP contribution in [-0.2, 0) is 20.0 Å². The lowest BCUT2D eigenvalue weighted by molar-refractivity contribution is 0.177. The highest BCUT2D eigenvalue weighted by molar-refractivity contribution is 5.82. The van der Waals surface area contributed by atoms with E-state index < -0.39 is 0 Å². The Morgan fingerprint density at radius 2 is 1.88 bits per heavy atom. The van der Waals surface area contributed by atoms with Crippen molar-refractivity contribution in [2.45, 2.75) is 19.0 Å². The molecule has 2 aromatic carbocycles. The SMILES string of the molecule is CN(C)C(CNc1cncc(-c2ccc3ncn(C)c3c2)c1)CN1CCc2ccccc2C1. The van der Waals surface area contributed by atoms with Gasteiger partial charge in [0.15, 0.2) is 0 Å². The molecule has 1 N–H and O–H groups in total. The first-order chi connectivity index (χ1) is 16.1. The topological polar surface area (TPSA) is 49.2 Å². The van der Waals surface area contributed by atoms with Gasteiger partial charge in [-0.1, -0.05) is 30.3 Å². The molecule has 1 aliphatic rings. The van der Waals surface area contributed by atoms with E-state index in [0.717, 1.165) is 60.4 Å². The van der Waals surface area contributed by atoms with E-state index in [1.807, 2.05) is 25.8 Å². The van der Waals surface area contributed by atoms with E-state index in [-0.39, 0.29) is 0 Å². The predicted octanol–water partition coefficient (Wildman–Crippen LogP) is 4.04. The van der Waals surface area contributed by atoms with Crippen molar-refractivity contribution in [3.05, 3.63) is 78.4 Å². The summed E-state index contributed by atoms with van der Waals surface area (Å²) >= 11 is 0. The summed E-state index contributed by atoms with van der Waals surface area (Å²) in [7, 11) is 6.36. The highest BCUT2D eigenvalue weighted by atomic mass is 15.2. The van der Waals surface area contributed by atoms with Gasteiger partial charge in [-0.15, -0.1) is 0 Å². The molecule has 0 amide bonds. The van der Waals surface area contributed by atoms with Crippen LogP contribution in [0.25, 0.3) is 22.2 Å². The van der Waals surface area contributed by atoms with Gasteiger partial charge in [-0.05, 0) is 55.4 Å². The van der Waals surface area contributed by atoms with Crippen LogP contribution in [0.4, 0.5) is 5.69 Å². The molecule has 0 saturated heterocycles. The molecule has 5 rings (SSSR count). The number of pyridine rings is 1. The first-order valence-electron chi connectivity index (χ1n) is 11.6. The van der Waals surface area contributed by atoms with Gasteiger partial charge in [0.05, 0.1) is 23.0 Å². The minimum Gasteiger partial charge on any atom is -0.382 e. The first-order valence-corrected chi connectivity index (χ1v) is 11.6. The number of aryl methyl sites for hydroxylation is 1. The van der Waals surface area contributed by atoms with Gasteiger partial charge in [0, 0.05) is 57.2 Å². The number of hydrogen-bond donors (Lipinski definition) is 1. The summed E-state index contributed by atoms with van der Waals surface area (Å²) in [6.45, 7) is 4.07. The average Bonchev–Trinajstić information content (AvgIpc) is 3.21. The molecule has 4 aromatic rings. The summed E-state index contributed by atoms with van der Waals surface area (Å²) in [6, 6.07) is 17.8. The van der Waals surface area contributed by atoms with Crippen molar-refractivity contribution in [3.8, 4) is 11.1 Å². The van der Waals surface area contributed by atoms with Crippen LogP contribution in [0, 0.1) is 0 Å². The number of imidazole rings is 1. The number of nitrogens with zero attached hydrogens (tertiary/aromatic N) is 5. The summed E-state index contributed by atoms with van der Waals surface area (Å²) < 4.78 is 2.05. The number of aromatic nitrogens is 3. The van der Waals surface area contributed by atoms with E-state index in [2.05, 4.69) is 92.3 Å². The zero-order valence-electron chi connectivity index (χ0n) is 19.7. The smallest absolute Gasteiger partial charge is 0.0955 e. The number of anilines is 1. The van der Waals surface area contributed by atoms with Crippen LogP contribution < -0.4 is 5.32 Å². The average molecular weight is 441 g/mol. The zero-order valence-corrected chi connectivity index (χ0v) is 19.7. The molecular weight excluding hydrogens is 408 g/mol. The summed E-state index contributed by atoms with van der Waals surface area (Å²) in [6.07, 6.45) is 6.83. The van der Waals surface area contributed by atoms with Gasteiger partial charge in [0.25, 0.3) is 0 Å². The van der Waals surface area contributed by atoms with E-state index in [9.17, 15) is 0 Å². The molecule has 6 heteroatoms. The third kappa shape index (κ3) is 4.77. The standard InChI is InChI=1S/C27H32N6/c1-31(2)25(18-33-11-10-20-6-4-5-7-22(20)17-33)16-29-24-12-23(14-28-15-24)21-8-9-26-27(13-21)32(3)19-30-26/h4-9,12-15,19,25,29H,10-11,16-18H2,1-3H3. The Hall–Kier alpha value is -3.22. The Labute approximate surface area is 195 Å². The quantitative estimate of drug-likeness (QED) is 0.470. The maximum Gasteiger partial charge on any atom is 0.0955 e. The second kappa shape index (κ2) is 9.33. The van der Waals surface area contributed by atoms with Crippen molar-refractivity contribution < 1.29 is 0 Å². The van der Waals surface area contributed by atoms with Crippen molar-refractivity contribution in [1.29, 1.82) is 0 Å². The molecule has 2 aromatic heterocycles. The Kier molecular flexibility index (Phi) is 6.11. The van der Waals surface area contributed by atoms with Gasteiger partial charge >= 0.3 is 0 Å². The Morgan fingerprint density at radius 1 is 1.03 bits per heavy atom. The summed E-state index contributed by atoms with van der Waals surface area (Å²) in [5.41, 5.74) is 8.42. The molecule has 0 spiro atoms. The molecule has 1 atom stereocenters.